The Morgan fingerprint density at radius 1 is 1.38 bits per heavy atom. The van der Waals surface area contributed by atoms with E-state index in [0.29, 0.717) is 0 Å². The number of rotatable bonds is 2. The summed E-state index contributed by atoms with van der Waals surface area (Å²) < 4.78 is 2.32. The number of hydrogen-bond acceptors (Lipinski definition) is 3. The van der Waals surface area contributed by atoms with Crippen LogP contribution in [-0.2, 0) is 0 Å². The second-order valence-corrected chi connectivity index (χ2v) is 6.99. The van der Waals surface area contributed by atoms with Crippen LogP contribution in [0.1, 0.15) is 20.8 Å². The van der Waals surface area contributed by atoms with E-state index in [4.69, 9.17) is 0 Å². The lowest BCUT2D eigenvalue weighted by Gasteiger charge is -2.17. The van der Waals surface area contributed by atoms with Crippen molar-refractivity contribution >= 4 is 42.6 Å². The summed E-state index contributed by atoms with van der Waals surface area (Å²) in [6.07, 6.45) is 0. The fourth-order valence-corrected chi connectivity index (χ4v) is 2.73. The average Bonchev–Trinajstić information content (AvgIpc) is 2.55. The second kappa shape index (κ2) is 4.34. The van der Waals surface area contributed by atoms with Crippen molar-refractivity contribution in [1.82, 2.24) is 4.98 Å². The lowest BCUT2D eigenvalue weighted by molar-refractivity contribution is 0.443. The zero-order chi connectivity index (χ0) is 11.8. The number of fused-ring (bicyclic) bond motifs is 1. The molecule has 1 aromatic heterocycles. The van der Waals surface area contributed by atoms with Crippen molar-refractivity contribution in [2.24, 2.45) is 5.41 Å². The molecule has 2 aromatic rings. The number of hydrogen-bond donors (Lipinski definition) is 1. The monoisotopic (exact) mass is 298 g/mol. The molecule has 0 unspecified atom stereocenters. The molecular weight excluding hydrogens is 284 g/mol. The Kier molecular flexibility index (Phi) is 3.22. The Balaban J connectivity index is 2.20. The summed E-state index contributed by atoms with van der Waals surface area (Å²) in [5, 5.41) is 4.39. The molecule has 0 bridgehead atoms. The average molecular weight is 299 g/mol. The van der Waals surface area contributed by atoms with E-state index in [-0.39, 0.29) is 5.41 Å². The van der Waals surface area contributed by atoms with E-state index < -0.39 is 0 Å². The van der Waals surface area contributed by atoms with Crippen molar-refractivity contribution in [3.05, 3.63) is 22.7 Å². The highest BCUT2D eigenvalue weighted by molar-refractivity contribution is 9.10. The van der Waals surface area contributed by atoms with Gasteiger partial charge in [0.2, 0.25) is 0 Å². The second-order valence-electron chi connectivity index (χ2n) is 5.05. The van der Waals surface area contributed by atoms with Crippen molar-refractivity contribution in [2.45, 2.75) is 20.8 Å². The minimum absolute atomic E-state index is 0.276. The molecule has 0 amide bonds. The number of thiazole rings is 1. The Hall–Kier alpha value is -0.610. The predicted molar refractivity (Wildman–Crippen MR) is 75.3 cm³/mol. The van der Waals surface area contributed by atoms with Crippen LogP contribution in [0.5, 0.6) is 0 Å². The van der Waals surface area contributed by atoms with Gasteiger partial charge in [0.05, 0.1) is 10.2 Å². The first-order valence-electron chi connectivity index (χ1n) is 5.24. The summed E-state index contributed by atoms with van der Waals surface area (Å²) in [6, 6.07) is 6.17. The fourth-order valence-electron chi connectivity index (χ4n) is 1.31. The molecule has 4 heteroatoms. The van der Waals surface area contributed by atoms with Crippen molar-refractivity contribution in [2.75, 3.05) is 11.9 Å². The zero-order valence-corrected chi connectivity index (χ0v) is 12.1. The van der Waals surface area contributed by atoms with Crippen LogP contribution < -0.4 is 5.32 Å². The summed E-state index contributed by atoms with van der Waals surface area (Å²) in [5.74, 6) is 0. The highest BCUT2D eigenvalue weighted by atomic mass is 79.9. The number of halogens is 1. The summed E-state index contributed by atoms with van der Waals surface area (Å²) in [4.78, 5) is 4.54. The molecular formula is C12H15BrN2S. The third kappa shape index (κ3) is 2.95. The lowest BCUT2D eigenvalue weighted by atomic mass is 9.97. The van der Waals surface area contributed by atoms with Crippen LogP contribution in [-0.4, -0.2) is 11.5 Å². The SMILES string of the molecule is CC(C)(C)CNc1nc2ccc(Br)cc2s1. The molecule has 86 valence electrons. The molecule has 2 rings (SSSR count). The van der Waals surface area contributed by atoms with Gasteiger partial charge < -0.3 is 5.32 Å². The smallest absolute Gasteiger partial charge is 0.183 e. The molecule has 0 aliphatic rings. The Labute approximate surface area is 108 Å². The van der Waals surface area contributed by atoms with E-state index in [1.165, 1.54) is 4.70 Å². The molecule has 0 radical (unpaired) electrons. The first kappa shape index (κ1) is 11.9. The lowest BCUT2D eigenvalue weighted by Crippen LogP contribution is -2.18. The van der Waals surface area contributed by atoms with Gasteiger partial charge in [-0.1, -0.05) is 48.0 Å². The third-order valence-electron chi connectivity index (χ3n) is 2.12. The molecule has 0 saturated carbocycles. The Morgan fingerprint density at radius 3 is 2.81 bits per heavy atom. The van der Waals surface area contributed by atoms with E-state index in [1.807, 2.05) is 12.1 Å². The molecule has 1 aromatic carbocycles. The highest BCUT2D eigenvalue weighted by Gasteiger charge is 2.11. The van der Waals surface area contributed by atoms with Crippen LogP contribution in [0.3, 0.4) is 0 Å². The maximum Gasteiger partial charge on any atom is 0.183 e. The first-order chi connectivity index (χ1) is 7.44. The molecule has 1 N–H and O–H groups in total. The minimum atomic E-state index is 0.276. The largest absolute Gasteiger partial charge is 0.361 e. The summed E-state index contributed by atoms with van der Waals surface area (Å²) in [6.45, 7) is 7.58. The highest BCUT2D eigenvalue weighted by Crippen LogP contribution is 2.29. The van der Waals surface area contributed by atoms with E-state index in [2.05, 4.69) is 53.1 Å². The Morgan fingerprint density at radius 2 is 2.12 bits per heavy atom. The van der Waals surface area contributed by atoms with Crippen LogP contribution in [0.15, 0.2) is 22.7 Å². The quantitative estimate of drug-likeness (QED) is 0.882. The number of benzene rings is 1. The summed E-state index contributed by atoms with van der Waals surface area (Å²) in [7, 11) is 0. The minimum Gasteiger partial charge on any atom is -0.361 e. The fraction of sp³-hybridized carbons (Fsp3) is 0.417. The van der Waals surface area contributed by atoms with Crippen LogP contribution >= 0.6 is 27.3 Å². The van der Waals surface area contributed by atoms with Crippen LogP contribution in [0.2, 0.25) is 0 Å². The molecule has 16 heavy (non-hydrogen) atoms. The van der Waals surface area contributed by atoms with Gasteiger partial charge in [0.1, 0.15) is 0 Å². The molecule has 2 nitrogen and oxygen atoms in total. The van der Waals surface area contributed by atoms with Gasteiger partial charge in [-0.05, 0) is 23.6 Å². The van der Waals surface area contributed by atoms with Gasteiger partial charge in [0, 0.05) is 11.0 Å². The molecule has 0 aliphatic heterocycles. The van der Waals surface area contributed by atoms with Crippen molar-refractivity contribution < 1.29 is 0 Å². The standard InChI is InChI=1S/C12H15BrN2S/c1-12(2,3)7-14-11-15-9-5-4-8(13)6-10(9)16-11/h4-6H,7H2,1-3H3,(H,14,15). The maximum atomic E-state index is 4.54. The van der Waals surface area contributed by atoms with E-state index in [9.17, 15) is 0 Å². The van der Waals surface area contributed by atoms with Gasteiger partial charge in [-0.3, -0.25) is 0 Å². The first-order valence-corrected chi connectivity index (χ1v) is 6.85. The normalized spacial score (nSPS) is 12.0. The molecule has 0 atom stereocenters. The number of nitrogens with one attached hydrogen (secondary N) is 1. The number of nitrogens with zero attached hydrogens (tertiary/aromatic N) is 1. The third-order valence-corrected chi connectivity index (χ3v) is 3.59. The van der Waals surface area contributed by atoms with Gasteiger partial charge in [-0.15, -0.1) is 0 Å². The van der Waals surface area contributed by atoms with Gasteiger partial charge in [0.15, 0.2) is 5.13 Å². The number of anilines is 1. The van der Waals surface area contributed by atoms with Crippen molar-refractivity contribution in [1.29, 1.82) is 0 Å². The molecule has 0 fully saturated rings. The van der Waals surface area contributed by atoms with Crippen molar-refractivity contribution in [3.63, 3.8) is 0 Å². The molecule has 0 spiro atoms. The molecule has 1 heterocycles. The van der Waals surface area contributed by atoms with Gasteiger partial charge in [-0.25, -0.2) is 4.98 Å². The molecule has 0 aliphatic carbocycles. The predicted octanol–water partition coefficient (Wildman–Crippen LogP) is 4.52. The number of aromatic nitrogens is 1. The van der Waals surface area contributed by atoms with E-state index >= 15 is 0 Å². The Bertz CT molecular complexity index is 499. The summed E-state index contributed by atoms with van der Waals surface area (Å²) >= 11 is 5.17. The van der Waals surface area contributed by atoms with Gasteiger partial charge >= 0.3 is 0 Å². The van der Waals surface area contributed by atoms with E-state index in [0.717, 1.165) is 21.7 Å². The molecule has 0 saturated heterocycles. The van der Waals surface area contributed by atoms with E-state index in [1.54, 1.807) is 11.3 Å². The maximum absolute atomic E-state index is 4.54. The van der Waals surface area contributed by atoms with Crippen LogP contribution in [0.4, 0.5) is 5.13 Å². The van der Waals surface area contributed by atoms with Crippen molar-refractivity contribution in [3.8, 4) is 0 Å². The van der Waals surface area contributed by atoms with Gasteiger partial charge in [-0.2, -0.15) is 0 Å². The van der Waals surface area contributed by atoms with Crippen LogP contribution in [0, 0.1) is 5.41 Å². The summed E-state index contributed by atoms with van der Waals surface area (Å²) in [5.41, 5.74) is 1.34. The zero-order valence-electron chi connectivity index (χ0n) is 9.67. The van der Waals surface area contributed by atoms with Crippen LogP contribution in [0.25, 0.3) is 10.2 Å². The topological polar surface area (TPSA) is 24.9 Å². The van der Waals surface area contributed by atoms with Gasteiger partial charge in [0.25, 0.3) is 0 Å².